The van der Waals surface area contributed by atoms with Crippen LogP contribution in [0.1, 0.15) is 17.3 Å². The maximum atomic E-state index is 13.2. The SMILES string of the molecule is C=CCN1C(=O)NC(c2ccsc2)C2=C1CN(CCc1ccccn1)C2=O. The van der Waals surface area contributed by atoms with Gasteiger partial charge in [0.05, 0.1) is 23.9 Å². The second-order valence-corrected chi connectivity index (χ2v) is 7.28. The summed E-state index contributed by atoms with van der Waals surface area (Å²) >= 11 is 1.55. The minimum atomic E-state index is -0.396. The molecule has 27 heavy (non-hydrogen) atoms. The Morgan fingerprint density at radius 2 is 2.22 bits per heavy atom. The number of hydrogen-bond donors (Lipinski definition) is 1. The molecule has 2 aromatic heterocycles. The Morgan fingerprint density at radius 1 is 1.33 bits per heavy atom. The molecule has 1 atom stereocenters. The average molecular weight is 380 g/mol. The van der Waals surface area contributed by atoms with Crippen LogP contribution in [0.3, 0.4) is 0 Å². The number of thiophene rings is 1. The van der Waals surface area contributed by atoms with E-state index in [4.69, 9.17) is 0 Å². The van der Waals surface area contributed by atoms with E-state index in [1.807, 2.05) is 35.0 Å². The molecule has 0 saturated heterocycles. The van der Waals surface area contributed by atoms with E-state index in [1.54, 1.807) is 33.4 Å². The molecule has 4 heterocycles. The van der Waals surface area contributed by atoms with Gasteiger partial charge in [-0.2, -0.15) is 11.3 Å². The van der Waals surface area contributed by atoms with Gasteiger partial charge in [-0.05, 0) is 34.5 Å². The highest BCUT2D eigenvalue weighted by atomic mass is 32.1. The number of carbonyl (C=O) groups excluding carboxylic acids is 2. The molecule has 0 aliphatic carbocycles. The van der Waals surface area contributed by atoms with Gasteiger partial charge in [-0.3, -0.25) is 14.7 Å². The number of aromatic nitrogens is 1. The predicted molar refractivity (Wildman–Crippen MR) is 104 cm³/mol. The Bertz CT molecular complexity index is 892. The van der Waals surface area contributed by atoms with Crippen molar-refractivity contribution >= 4 is 23.3 Å². The first-order chi connectivity index (χ1) is 13.2. The van der Waals surface area contributed by atoms with Crippen molar-refractivity contribution in [2.75, 3.05) is 19.6 Å². The Balaban J connectivity index is 1.61. The van der Waals surface area contributed by atoms with E-state index in [2.05, 4.69) is 16.9 Å². The molecule has 0 saturated carbocycles. The molecule has 138 valence electrons. The third-order valence-electron chi connectivity index (χ3n) is 4.85. The lowest BCUT2D eigenvalue weighted by molar-refractivity contribution is -0.125. The molecule has 0 aromatic carbocycles. The second kappa shape index (κ2) is 7.36. The third kappa shape index (κ3) is 3.26. The van der Waals surface area contributed by atoms with Crippen molar-refractivity contribution in [2.24, 2.45) is 0 Å². The fourth-order valence-electron chi connectivity index (χ4n) is 3.54. The number of rotatable bonds is 6. The highest BCUT2D eigenvalue weighted by Crippen LogP contribution is 2.36. The lowest BCUT2D eigenvalue weighted by Crippen LogP contribution is -2.47. The van der Waals surface area contributed by atoms with Gasteiger partial charge in [0, 0.05) is 31.4 Å². The first kappa shape index (κ1) is 17.5. The number of nitrogens with one attached hydrogen (secondary N) is 1. The van der Waals surface area contributed by atoms with Crippen LogP contribution in [0.25, 0.3) is 0 Å². The van der Waals surface area contributed by atoms with Crippen LogP contribution >= 0.6 is 11.3 Å². The van der Waals surface area contributed by atoms with Crippen molar-refractivity contribution in [2.45, 2.75) is 12.5 Å². The molecule has 0 bridgehead atoms. The van der Waals surface area contributed by atoms with E-state index in [9.17, 15) is 9.59 Å². The Labute approximate surface area is 161 Å². The lowest BCUT2D eigenvalue weighted by Gasteiger charge is -2.32. The van der Waals surface area contributed by atoms with Crippen LogP contribution in [-0.4, -0.2) is 46.4 Å². The monoisotopic (exact) mass is 380 g/mol. The van der Waals surface area contributed by atoms with Crippen LogP contribution in [0.4, 0.5) is 4.79 Å². The molecule has 7 heteroatoms. The molecule has 6 nitrogen and oxygen atoms in total. The zero-order valence-corrected chi connectivity index (χ0v) is 15.6. The summed E-state index contributed by atoms with van der Waals surface area (Å²) in [4.78, 5) is 33.5. The van der Waals surface area contributed by atoms with Crippen molar-refractivity contribution in [1.82, 2.24) is 20.1 Å². The highest BCUT2D eigenvalue weighted by molar-refractivity contribution is 7.08. The molecule has 3 amide bonds. The average Bonchev–Trinajstić information content (AvgIpc) is 3.32. The Morgan fingerprint density at radius 3 is 2.93 bits per heavy atom. The van der Waals surface area contributed by atoms with E-state index in [1.165, 1.54) is 0 Å². The van der Waals surface area contributed by atoms with Crippen molar-refractivity contribution in [3.63, 3.8) is 0 Å². The fraction of sp³-hybridized carbons (Fsp3) is 0.250. The van der Waals surface area contributed by atoms with Gasteiger partial charge in [0.1, 0.15) is 0 Å². The van der Waals surface area contributed by atoms with Gasteiger partial charge in [0.25, 0.3) is 5.91 Å². The summed E-state index contributed by atoms with van der Waals surface area (Å²) < 4.78 is 0. The second-order valence-electron chi connectivity index (χ2n) is 6.50. The molecule has 2 aliphatic rings. The van der Waals surface area contributed by atoms with Gasteiger partial charge in [-0.15, -0.1) is 6.58 Å². The first-order valence-corrected chi connectivity index (χ1v) is 9.76. The van der Waals surface area contributed by atoms with E-state index >= 15 is 0 Å². The van der Waals surface area contributed by atoms with Gasteiger partial charge in [-0.1, -0.05) is 12.1 Å². The van der Waals surface area contributed by atoms with Crippen molar-refractivity contribution in [3.8, 4) is 0 Å². The molecular formula is C20H20N4O2S. The Hall–Kier alpha value is -2.93. The number of pyridine rings is 1. The summed E-state index contributed by atoms with van der Waals surface area (Å²) in [7, 11) is 0. The van der Waals surface area contributed by atoms with Gasteiger partial charge < -0.3 is 10.2 Å². The number of nitrogens with zero attached hydrogens (tertiary/aromatic N) is 3. The molecule has 1 N–H and O–H groups in total. The maximum Gasteiger partial charge on any atom is 0.322 e. The molecule has 4 rings (SSSR count). The minimum absolute atomic E-state index is 0.0220. The standard InChI is InChI=1S/C20H20N4O2S/c1-2-9-24-16-12-23(10-6-15-5-3-4-8-21-15)19(25)17(16)18(22-20(24)26)14-7-11-27-13-14/h2-5,7-8,11,13,18H,1,6,9-10,12H2,(H,22,26). The van der Waals surface area contributed by atoms with Gasteiger partial charge in [0.15, 0.2) is 0 Å². The summed E-state index contributed by atoms with van der Waals surface area (Å²) in [6.45, 7) is 5.11. The zero-order valence-electron chi connectivity index (χ0n) is 14.8. The van der Waals surface area contributed by atoms with Crippen molar-refractivity contribution in [1.29, 1.82) is 0 Å². The highest BCUT2D eigenvalue weighted by Gasteiger charge is 2.43. The largest absolute Gasteiger partial charge is 0.333 e. The summed E-state index contributed by atoms with van der Waals surface area (Å²) in [5, 5.41) is 6.91. The quantitative estimate of drug-likeness (QED) is 0.784. The topological polar surface area (TPSA) is 65.5 Å². The smallest absolute Gasteiger partial charge is 0.322 e. The van der Waals surface area contributed by atoms with E-state index in [-0.39, 0.29) is 11.9 Å². The van der Waals surface area contributed by atoms with E-state index < -0.39 is 6.04 Å². The fourth-order valence-corrected chi connectivity index (χ4v) is 4.22. The Kier molecular flexibility index (Phi) is 4.77. The lowest BCUT2D eigenvalue weighted by atomic mass is 9.98. The molecule has 0 spiro atoms. The minimum Gasteiger partial charge on any atom is -0.333 e. The maximum absolute atomic E-state index is 13.2. The summed E-state index contributed by atoms with van der Waals surface area (Å²) in [6.07, 6.45) is 4.11. The number of amides is 3. The number of carbonyl (C=O) groups is 2. The van der Waals surface area contributed by atoms with Gasteiger partial charge in [0.2, 0.25) is 0 Å². The van der Waals surface area contributed by atoms with Gasteiger partial charge >= 0.3 is 6.03 Å². The summed E-state index contributed by atoms with van der Waals surface area (Å²) in [6, 6.07) is 7.14. The van der Waals surface area contributed by atoms with E-state index in [0.29, 0.717) is 31.6 Å². The molecular weight excluding hydrogens is 360 g/mol. The molecule has 2 aromatic rings. The predicted octanol–water partition coefficient (Wildman–Crippen LogP) is 2.73. The van der Waals surface area contributed by atoms with Crippen molar-refractivity contribution in [3.05, 3.63) is 76.4 Å². The third-order valence-corrected chi connectivity index (χ3v) is 5.55. The molecule has 0 fully saturated rings. The molecule has 1 unspecified atom stereocenters. The molecule has 2 aliphatic heterocycles. The van der Waals surface area contributed by atoms with Crippen molar-refractivity contribution < 1.29 is 9.59 Å². The first-order valence-electron chi connectivity index (χ1n) is 8.82. The zero-order chi connectivity index (χ0) is 18.8. The normalized spacial score (nSPS) is 19.3. The van der Waals surface area contributed by atoms with E-state index in [0.717, 1.165) is 17.0 Å². The van der Waals surface area contributed by atoms with Crippen LogP contribution in [0, 0.1) is 0 Å². The van der Waals surface area contributed by atoms with Crippen LogP contribution in [0.15, 0.2) is 65.1 Å². The number of urea groups is 1. The summed E-state index contributed by atoms with van der Waals surface area (Å²) in [5.74, 6) is -0.0220. The van der Waals surface area contributed by atoms with Gasteiger partial charge in [-0.25, -0.2) is 4.79 Å². The van der Waals surface area contributed by atoms with Crippen LogP contribution < -0.4 is 5.32 Å². The molecule has 0 radical (unpaired) electrons. The van der Waals surface area contributed by atoms with Crippen LogP contribution in [0.5, 0.6) is 0 Å². The van der Waals surface area contributed by atoms with Crippen LogP contribution in [-0.2, 0) is 11.2 Å². The van der Waals surface area contributed by atoms with Crippen LogP contribution in [0.2, 0.25) is 0 Å². The summed E-state index contributed by atoms with van der Waals surface area (Å²) in [5.41, 5.74) is 3.33. The number of hydrogen-bond acceptors (Lipinski definition) is 4.